The van der Waals surface area contributed by atoms with Gasteiger partial charge < -0.3 is 14.2 Å². The summed E-state index contributed by atoms with van der Waals surface area (Å²) < 4.78 is 31.3. The Labute approximate surface area is 196 Å². The van der Waals surface area contributed by atoms with Gasteiger partial charge in [-0.2, -0.15) is 5.26 Å². The largest absolute Gasteiger partial charge is 0.489 e. The SMILES string of the molecule is CC1(C)C(Oc2ccc(Cl)cc2)C1C(=O)OC(C#N)c1ccc(F)c(Oc2ccccc2)c1. The maximum Gasteiger partial charge on any atom is 0.315 e. The van der Waals surface area contributed by atoms with E-state index in [0.29, 0.717) is 22.1 Å². The molecule has 3 atom stereocenters. The normalized spacial score (nSPS) is 19.1. The molecule has 1 aliphatic rings. The van der Waals surface area contributed by atoms with Gasteiger partial charge in [0.1, 0.15) is 29.6 Å². The van der Waals surface area contributed by atoms with Gasteiger partial charge in [-0.1, -0.05) is 49.7 Å². The van der Waals surface area contributed by atoms with Crippen molar-refractivity contribution in [3.63, 3.8) is 0 Å². The van der Waals surface area contributed by atoms with Crippen LogP contribution in [0.3, 0.4) is 0 Å². The maximum absolute atomic E-state index is 14.3. The number of para-hydroxylation sites is 1. The molecule has 0 spiro atoms. The van der Waals surface area contributed by atoms with E-state index in [9.17, 15) is 14.4 Å². The average Bonchev–Trinajstić information content (AvgIpc) is 3.35. The topological polar surface area (TPSA) is 68.5 Å². The van der Waals surface area contributed by atoms with Crippen LogP contribution in [0.1, 0.15) is 25.5 Å². The molecule has 3 aromatic carbocycles. The smallest absolute Gasteiger partial charge is 0.315 e. The minimum Gasteiger partial charge on any atom is -0.489 e. The fourth-order valence-corrected chi connectivity index (χ4v) is 3.76. The lowest BCUT2D eigenvalue weighted by Gasteiger charge is -2.14. The number of benzene rings is 3. The minimum atomic E-state index is -1.22. The molecule has 0 N–H and O–H groups in total. The van der Waals surface area contributed by atoms with Crippen molar-refractivity contribution in [2.45, 2.75) is 26.1 Å². The zero-order valence-electron chi connectivity index (χ0n) is 18.0. The van der Waals surface area contributed by atoms with Gasteiger partial charge >= 0.3 is 5.97 Å². The van der Waals surface area contributed by atoms with Gasteiger partial charge in [0.2, 0.25) is 6.10 Å². The molecular formula is C26H21ClFNO4. The molecule has 3 unspecified atom stereocenters. The Balaban J connectivity index is 1.46. The summed E-state index contributed by atoms with van der Waals surface area (Å²) in [5.74, 6) is -0.729. The van der Waals surface area contributed by atoms with Crippen molar-refractivity contribution in [2.75, 3.05) is 0 Å². The molecule has 1 aliphatic carbocycles. The predicted molar refractivity (Wildman–Crippen MR) is 121 cm³/mol. The number of nitrogens with zero attached hydrogens (tertiary/aromatic N) is 1. The van der Waals surface area contributed by atoms with Gasteiger partial charge in [0, 0.05) is 16.0 Å². The van der Waals surface area contributed by atoms with Gasteiger partial charge in [0.25, 0.3) is 0 Å². The Morgan fingerprint density at radius 3 is 2.42 bits per heavy atom. The van der Waals surface area contributed by atoms with Crippen molar-refractivity contribution in [1.82, 2.24) is 0 Å². The molecule has 7 heteroatoms. The van der Waals surface area contributed by atoms with Crippen molar-refractivity contribution < 1.29 is 23.4 Å². The molecule has 4 rings (SSSR count). The summed E-state index contributed by atoms with van der Waals surface area (Å²) in [6, 6.07) is 21.5. The number of hydrogen-bond acceptors (Lipinski definition) is 5. The lowest BCUT2D eigenvalue weighted by molar-refractivity contribution is -0.149. The van der Waals surface area contributed by atoms with Crippen LogP contribution in [0.2, 0.25) is 5.02 Å². The van der Waals surface area contributed by atoms with Gasteiger partial charge in [-0.05, 0) is 48.5 Å². The molecule has 0 saturated heterocycles. The first-order chi connectivity index (χ1) is 15.8. The second kappa shape index (κ2) is 9.13. The Morgan fingerprint density at radius 2 is 1.76 bits per heavy atom. The van der Waals surface area contributed by atoms with Gasteiger partial charge in [-0.3, -0.25) is 4.79 Å². The van der Waals surface area contributed by atoms with E-state index in [-0.39, 0.29) is 5.75 Å². The second-order valence-electron chi connectivity index (χ2n) is 8.34. The van der Waals surface area contributed by atoms with Crippen LogP contribution in [0.4, 0.5) is 4.39 Å². The number of rotatable bonds is 7. The summed E-state index contributed by atoms with van der Waals surface area (Å²) >= 11 is 5.90. The van der Waals surface area contributed by atoms with E-state index >= 15 is 0 Å². The van der Waals surface area contributed by atoms with Gasteiger partial charge in [0.05, 0.1) is 0 Å². The molecule has 33 heavy (non-hydrogen) atoms. The van der Waals surface area contributed by atoms with Crippen LogP contribution in [0.25, 0.3) is 0 Å². The average molecular weight is 466 g/mol. The number of ether oxygens (including phenoxy) is 3. The highest BCUT2D eigenvalue weighted by molar-refractivity contribution is 6.30. The zero-order chi connectivity index (χ0) is 23.6. The van der Waals surface area contributed by atoms with E-state index < -0.39 is 35.3 Å². The highest BCUT2D eigenvalue weighted by atomic mass is 35.5. The molecule has 168 valence electrons. The van der Waals surface area contributed by atoms with E-state index in [2.05, 4.69) is 0 Å². The van der Waals surface area contributed by atoms with Gasteiger partial charge in [0.15, 0.2) is 11.6 Å². The third-order valence-electron chi connectivity index (χ3n) is 5.64. The summed E-state index contributed by atoms with van der Waals surface area (Å²) in [6.45, 7) is 3.79. The van der Waals surface area contributed by atoms with Crippen LogP contribution in [0, 0.1) is 28.5 Å². The molecule has 3 aromatic rings. The van der Waals surface area contributed by atoms with Crippen molar-refractivity contribution in [2.24, 2.45) is 11.3 Å². The monoisotopic (exact) mass is 465 g/mol. The molecule has 0 aliphatic heterocycles. The van der Waals surface area contributed by atoms with Crippen LogP contribution in [0.5, 0.6) is 17.2 Å². The van der Waals surface area contributed by atoms with Gasteiger partial charge in [-0.15, -0.1) is 0 Å². The van der Waals surface area contributed by atoms with Crippen LogP contribution in [0.15, 0.2) is 72.8 Å². The molecule has 0 radical (unpaired) electrons. The molecule has 1 saturated carbocycles. The third kappa shape index (κ3) is 4.94. The molecular weight excluding hydrogens is 445 g/mol. The third-order valence-corrected chi connectivity index (χ3v) is 5.89. The lowest BCUT2D eigenvalue weighted by Crippen LogP contribution is -2.16. The molecule has 1 fully saturated rings. The molecule has 0 amide bonds. The molecule has 5 nitrogen and oxygen atoms in total. The fourth-order valence-electron chi connectivity index (χ4n) is 3.63. The lowest BCUT2D eigenvalue weighted by atomic mass is 10.1. The Morgan fingerprint density at radius 1 is 1.06 bits per heavy atom. The van der Waals surface area contributed by atoms with Crippen LogP contribution >= 0.6 is 11.6 Å². The number of carbonyl (C=O) groups excluding carboxylic acids is 1. The van der Waals surface area contributed by atoms with Crippen LogP contribution in [-0.2, 0) is 9.53 Å². The van der Waals surface area contributed by atoms with Crippen molar-refractivity contribution in [1.29, 1.82) is 5.26 Å². The number of nitriles is 1. The standard InChI is InChI=1S/C26H21ClFNO4/c1-26(2)23(24(26)32-19-11-9-17(27)10-12-19)25(30)33-22(15-29)16-8-13-20(28)21(14-16)31-18-6-4-3-5-7-18/h3-14,22-24H,1-2H3. The quantitative estimate of drug-likeness (QED) is 0.373. The highest BCUT2D eigenvalue weighted by Crippen LogP contribution is 2.55. The summed E-state index contributed by atoms with van der Waals surface area (Å²) in [6.07, 6.45) is -1.63. The molecule has 0 bridgehead atoms. The Bertz CT molecular complexity index is 1190. The predicted octanol–water partition coefficient (Wildman–Crippen LogP) is 6.48. The first kappa shape index (κ1) is 22.6. The second-order valence-corrected chi connectivity index (χ2v) is 8.78. The first-order valence-corrected chi connectivity index (χ1v) is 10.7. The van der Waals surface area contributed by atoms with E-state index in [4.69, 9.17) is 25.8 Å². The summed E-state index contributed by atoms with van der Waals surface area (Å²) in [5.41, 5.74) is -0.159. The van der Waals surface area contributed by atoms with Crippen molar-refractivity contribution in [3.05, 3.63) is 89.2 Å². The Kier molecular flexibility index (Phi) is 6.26. The highest BCUT2D eigenvalue weighted by Gasteiger charge is 2.65. The van der Waals surface area contributed by atoms with Crippen molar-refractivity contribution in [3.8, 4) is 23.3 Å². The molecule has 0 heterocycles. The van der Waals surface area contributed by atoms with E-state index in [1.807, 2.05) is 26.0 Å². The van der Waals surface area contributed by atoms with Gasteiger partial charge in [-0.25, -0.2) is 4.39 Å². The first-order valence-electron chi connectivity index (χ1n) is 10.3. The molecule has 0 aromatic heterocycles. The van der Waals surface area contributed by atoms with E-state index in [0.717, 1.165) is 0 Å². The van der Waals surface area contributed by atoms with E-state index in [1.165, 1.54) is 18.2 Å². The van der Waals surface area contributed by atoms with Crippen LogP contribution < -0.4 is 9.47 Å². The number of halogens is 2. The van der Waals surface area contributed by atoms with Crippen LogP contribution in [-0.4, -0.2) is 12.1 Å². The zero-order valence-corrected chi connectivity index (χ0v) is 18.8. The van der Waals surface area contributed by atoms with Crippen molar-refractivity contribution >= 4 is 17.6 Å². The van der Waals surface area contributed by atoms with E-state index in [1.54, 1.807) is 48.5 Å². The summed E-state index contributed by atoms with van der Waals surface area (Å²) in [7, 11) is 0. The summed E-state index contributed by atoms with van der Waals surface area (Å²) in [4.78, 5) is 12.9. The fraction of sp³-hybridized carbons (Fsp3) is 0.231. The number of hydrogen-bond donors (Lipinski definition) is 0. The minimum absolute atomic E-state index is 0.0642. The Hall–Kier alpha value is -3.56. The summed E-state index contributed by atoms with van der Waals surface area (Å²) in [5, 5.41) is 10.2. The maximum atomic E-state index is 14.3. The number of carbonyl (C=O) groups is 1. The number of esters is 1.